The topological polar surface area (TPSA) is 72.0 Å². The smallest absolute Gasteiger partial charge is 0.122 e. The third-order valence-corrected chi connectivity index (χ3v) is 2.83. The van der Waals surface area contributed by atoms with E-state index in [0.29, 0.717) is 6.61 Å². The molecule has 0 aliphatic rings. The molecule has 0 fully saturated rings. The second kappa shape index (κ2) is 6.00. The Kier molecular flexibility index (Phi) is 4.13. The van der Waals surface area contributed by atoms with Crippen LogP contribution in [0.1, 0.15) is 16.8 Å². The molecule has 0 bridgehead atoms. The lowest BCUT2D eigenvalue weighted by atomic mass is 10.1. The molecule has 0 amide bonds. The maximum atomic E-state index is 7.38. The number of ether oxygens (including phenoxy) is 1. The van der Waals surface area contributed by atoms with E-state index in [9.17, 15) is 0 Å². The summed E-state index contributed by atoms with van der Waals surface area (Å²) in [6.45, 7) is 2.53. The van der Waals surface area contributed by atoms with E-state index in [1.54, 1.807) is 12.3 Å². The van der Waals surface area contributed by atoms with Crippen molar-refractivity contribution in [1.82, 2.24) is 4.98 Å². The van der Waals surface area contributed by atoms with Gasteiger partial charge in [0, 0.05) is 23.9 Å². The summed E-state index contributed by atoms with van der Waals surface area (Å²) in [7, 11) is 0. The van der Waals surface area contributed by atoms with Crippen LogP contribution in [0.5, 0.6) is 5.75 Å². The van der Waals surface area contributed by atoms with Crippen LogP contribution in [0, 0.1) is 12.3 Å². The summed E-state index contributed by atoms with van der Waals surface area (Å²) >= 11 is 0. The number of pyridine rings is 1. The third-order valence-electron chi connectivity index (χ3n) is 2.83. The summed E-state index contributed by atoms with van der Waals surface area (Å²) in [4.78, 5) is 4.25. The van der Waals surface area contributed by atoms with E-state index in [0.717, 1.165) is 29.0 Å². The average Bonchev–Trinajstić information content (AvgIpc) is 2.41. The molecule has 3 N–H and O–H groups in total. The first-order valence-corrected chi connectivity index (χ1v) is 6.14. The number of aryl methyl sites for hydroxylation is 1. The van der Waals surface area contributed by atoms with Crippen molar-refractivity contribution in [3.63, 3.8) is 0 Å². The van der Waals surface area contributed by atoms with Crippen LogP contribution >= 0.6 is 0 Å². The van der Waals surface area contributed by atoms with E-state index in [1.807, 2.05) is 37.3 Å². The predicted molar refractivity (Wildman–Crippen MR) is 75.6 cm³/mol. The zero-order valence-electron chi connectivity index (χ0n) is 10.9. The summed E-state index contributed by atoms with van der Waals surface area (Å²) in [5.41, 5.74) is 8.15. The number of aromatic nitrogens is 1. The SMILES string of the molecule is Cc1cc(C(=N)N)ccc1OCCc1ccccn1. The van der Waals surface area contributed by atoms with Gasteiger partial charge < -0.3 is 10.5 Å². The molecule has 0 aliphatic heterocycles. The van der Waals surface area contributed by atoms with Crippen LogP contribution in [0.15, 0.2) is 42.6 Å². The van der Waals surface area contributed by atoms with Crippen LogP contribution in [0.25, 0.3) is 0 Å². The number of benzene rings is 1. The molecule has 98 valence electrons. The van der Waals surface area contributed by atoms with Gasteiger partial charge in [0.1, 0.15) is 11.6 Å². The van der Waals surface area contributed by atoms with Gasteiger partial charge in [0.05, 0.1) is 6.61 Å². The Balaban J connectivity index is 1.95. The Morgan fingerprint density at radius 1 is 1.32 bits per heavy atom. The Labute approximate surface area is 112 Å². The molecular formula is C15H17N3O. The van der Waals surface area contributed by atoms with Gasteiger partial charge in [-0.1, -0.05) is 6.07 Å². The number of hydrogen-bond acceptors (Lipinski definition) is 3. The number of nitrogens with zero attached hydrogens (tertiary/aromatic N) is 1. The first-order valence-electron chi connectivity index (χ1n) is 6.14. The number of nitrogens with two attached hydrogens (primary N) is 1. The highest BCUT2D eigenvalue weighted by Gasteiger charge is 2.03. The van der Waals surface area contributed by atoms with Gasteiger partial charge in [-0.05, 0) is 42.8 Å². The summed E-state index contributed by atoms with van der Waals surface area (Å²) in [6, 6.07) is 11.4. The molecule has 4 nitrogen and oxygen atoms in total. The molecule has 1 aromatic carbocycles. The number of rotatable bonds is 5. The maximum Gasteiger partial charge on any atom is 0.122 e. The lowest BCUT2D eigenvalue weighted by Crippen LogP contribution is -2.11. The minimum atomic E-state index is 0.0723. The van der Waals surface area contributed by atoms with Crippen molar-refractivity contribution in [3.8, 4) is 5.75 Å². The van der Waals surface area contributed by atoms with E-state index in [2.05, 4.69) is 4.98 Å². The Bertz CT molecular complexity index is 567. The highest BCUT2D eigenvalue weighted by atomic mass is 16.5. The van der Waals surface area contributed by atoms with Gasteiger partial charge in [0.15, 0.2) is 0 Å². The number of nitrogen functional groups attached to an aromatic ring is 1. The average molecular weight is 255 g/mol. The zero-order chi connectivity index (χ0) is 13.7. The molecule has 0 saturated carbocycles. The summed E-state index contributed by atoms with van der Waals surface area (Å²) in [5.74, 6) is 0.893. The summed E-state index contributed by atoms with van der Waals surface area (Å²) < 4.78 is 5.72. The fourth-order valence-electron chi connectivity index (χ4n) is 1.79. The summed E-state index contributed by atoms with van der Waals surface area (Å²) in [5, 5.41) is 7.38. The zero-order valence-corrected chi connectivity index (χ0v) is 10.9. The molecule has 0 aliphatic carbocycles. The van der Waals surface area contributed by atoms with Gasteiger partial charge in [-0.3, -0.25) is 10.4 Å². The van der Waals surface area contributed by atoms with Crippen molar-refractivity contribution in [1.29, 1.82) is 5.41 Å². The van der Waals surface area contributed by atoms with Crippen molar-refractivity contribution < 1.29 is 4.74 Å². The van der Waals surface area contributed by atoms with Crippen molar-refractivity contribution >= 4 is 5.84 Å². The second-order valence-corrected chi connectivity index (χ2v) is 4.31. The molecule has 0 radical (unpaired) electrons. The molecule has 1 aromatic heterocycles. The van der Waals surface area contributed by atoms with Crippen LogP contribution < -0.4 is 10.5 Å². The van der Waals surface area contributed by atoms with E-state index < -0.39 is 0 Å². The minimum absolute atomic E-state index is 0.0723. The van der Waals surface area contributed by atoms with Crippen molar-refractivity contribution in [2.24, 2.45) is 5.73 Å². The fourth-order valence-corrected chi connectivity index (χ4v) is 1.79. The van der Waals surface area contributed by atoms with Crippen LogP contribution in [-0.4, -0.2) is 17.4 Å². The minimum Gasteiger partial charge on any atom is -0.493 e. The van der Waals surface area contributed by atoms with Crippen molar-refractivity contribution in [2.45, 2.75) is 13.3 Å². The Hall–Kier alpha value is -2.36. The highest BCUT2D eigenvalue weighted by molar-refractivity contribution is 5.95. The molecule has 1 heterocycles. The largest absolute Gasteiger partial charge is 0.493 e. The molecule has 2 aromatic rings. The summed E-state index contributed by atoms with van der Waals surface area (Å²) in [6.07, 6.45) is 2.55. The van der Waals surface area contributed by atoms with Crippen LogP contribution in [-0.2, 0) is 6.42 Å². The highest BCUT2D eigenvalue weighted by Crippen LogP contribution is 2.19. The van der Waals surface area contributed by atoms with Gasteiger partial charge in [-0.2, -0.15) is 0 Å². The lowest BCUT2D eigenvalue weighted by Gasteiger charge is -2.10. The monoisotopic (exact) mass is 255 g/mol. The maximum absolute atomic E-state index is 7.38. The van der Waals surface area contributed by atoms with Gasteiger partial charge in [-0.25, -0.2) is 0 Å². The van der Waals surface area contributed by atoms with Gasteiger partial charge in [0.25, 0.3) is 0 Å². The van der Waals surface area contributed by atoms with Crippen LogP contribution in [0.2, 0.25) is 0 Å². The number of hydrogen-bond donors (Lipinski definition) is 2. The van der Waals surface area contributed by atoms with E-state index >= 15 is 0 Å². The second-order valence-electron chi connectivity index (χ2n) is 4.31. The van der Waals surface area contributed by atoms with Crippen LogP contribution in [0.4, 0.5) is 0 Å². The van der Waals surface area contributed by atoms with Gasteiger partial charge >= 0.3 is 0 Å². The molecule has 0 spiro atoms. The fraction of sp³-hybridized carbons (Fsp3) is 0.200. The van der Waals surface area contributed by atoms with Crippen molar-refractivity contribution in [3.05, 3.63) is 59.4 Å². The van der Waals surface area contributed by atoms with E-state index in [-0.39, 0.29) is 5.84 Å². The van der Waals surface area contributed by atoms with Crippen molar-refractivity contribution in [2.75, 3.05) is 6.61 Å². The molecule has 4 heteroatoms. The normalized spacial score (nSPS) is 10.2. The Morgan fingerprint density at radius 2 is 2.16 bits per heavy atom. The molecule has 0 saturated heterocycles. The molecule has 0 atom stereocenters. The molecule has 0 unspecified atom stereocenters. The first-order chi connectivity index (χ1) is 9.16. The lowest BCUT2D eigenvalue weighted by molar-refractivity contribution is 0.318. The van der Waals surface area contributed by atoms with Gasteiger partial charge in [-0.15, -0.1) is 0 Å². The molecular weight excluding hydrogens is 238 g/mol. The number of amidine groups is 1. The quantitative estimate of drug-likeness (QED) is 0.636. The van der Waals surface area contributed by atoms with Crippen LogP contribution in [0.3, 0.4) is 0 Å². The Morgan fingerprint density at radius 3 is 2.79 bits per heavy atom. The number of nitrogens with one attached hydrogen (secondary N) is 1. The molecule has 19 heavy (non-hydrogen) atoms. The van der Waals surface area contributed by atoms with Gasteiger partial charge in [0.2, 0.25) is 0 Å². The van der Waals surface area contributed by atoms with E-state index in [4.69, 9.17) is 15.9 Å². The third kappa shape index (κ3) is 3.55. The standard InChI is InChI=1S/C15H17N3O/c1-11-10-12(15(16)17)5-6-14(11)19-9-7-13-4-2-3-8-18-13/h2-6,8,10H,7,9H2,1H3,(H3,16,17). The predicted octanol–water partition coefficient (Wildman–Crippen LogP) is 2.30. The first kappa shape index (κ1) is 13.1. The molecule has 2 rings (SSSR count). The van der Waals surface area contributed by atoms with E-state index in [1.165, 1.54) is 0 Å².